The van der Waals surface area contributed by atoms with Gasteiger partial charge in [-0.25, -0.2) is 4.39 Å². The van der Waals surface area contributed by atoms with E-state index >= 15 is 0 Å². The number of hydrogen-bond acceptors (Lipinski definition) is 3. The monoisotopic (exact) mass is 280 g/mol. The van der Waals surface area contributed by atoms with E-state index in [0.717, 1.165) is 0 Å². The van der Waals surface area contributed by atoms with Crippen molar-refractivity contribution in [2.24, 2.45) is 0 Å². The molecule has 0 bridgehead atoms. The summed E-state index contributed by atoms with van der Waals surface area (Å²) in [5.41, 5.74) is 0.677. The summed E-state index contributed by atoms with van der Waals surface area (Å²) in [6.07, 6.45) is 0.931. The van der Waals surface area contributed by atoms with Crippen LogP contribution >= 0.6 is 0 Å². The highest BCUT2D eigenvalue weighted by molar-refractivity contribution is 5.80. The average molecular weight is 280 g/mol. The minimum Gasteiger partial charge on any atom is -0.481 e. The highest BCUT2D eigenvalue weighted by Gasteiger charge is 2.18. The molecule has 0 aromatic heterocycles. The zero-order valence-corrected chi connectivity index (χ0v) is 12.1. The summed E-state index contributed by atoms with van der Waals surface area (Å²) in [4.78, 5) is 11.8. The van der Waals surface area contributed by atoms with Crippen LogP contribution in [0.3, 0.4) is 0 Å². The minimum atomic E-state index is -0.664. The average Bonchev–Trinajstić information content (AvgIpc) is 2.45. The van der Waals surface area contributed by atoms with Gasteiger partial charge in [0.05, 0.1) is 0 Å². The lowest BCUT2D eigenvalue weighted by atomic mass is 10.1. The fourth-order valence-corrected chi connectivity index (χ4v) is 1.68. The summed E-state index contributed by atoms with van der Waals surface area (Å²) in [6.45, 7) is 7.45. The van der Waals surface area contributed by atoms with Crippen molar-refractivity contribution < 1.29 is 13.9 Å². The van der Waals surface area contributed by atoms with Crippen molar-refractivity contribution in [3.63, 3.8) is 0 Å². The molecule has 1 aromatic carbocycles. The molecule has 0 aliphatic carbocycles. The van der Waals surface area contributed by atoms with Gasteiger partial charge in [-0.3, -0.25) is 4.79 Å². The van der Waals surface area contributed by atoms with E-state index in [4.69, 9.17) is 4.74 Å². The third kappa shape index (κ3) is 4.35. The molecule has 4 nitrogen and oxygen atoms in total. The topological polar surface area (TPSA) is 50.4 Å². The maximum Gasteiger partial charge on any atom is 0.261 e. The molecule has 0 radical (unpaired) electrons. The Morgan fingerprint density at radius 2 is 2.20 bits per heavy atom. The Labute approximate surface area is 119 Å². The van der Waals surface area contributed by atoms with Crippen LogP contribution in [0.4, 0.5) is 4.39 Å². The summed E-state index contributed by atoms with van der Waals surface area (Å²) in [6, 6.07) is 4.18. The SMILES string of the molecule is C=CCNC(=O)C(C)Oc1ccc(F)cc1C(C)NC. The molecule has 1 aromatic rings. The zero-order valence-electron chi connectivity index (χ0n) is 12.1. The highest BCUT2D eigenvalue weighted by atomic mass is 19.1. The van der Waals surface area contributed by atoms with Crippen molar-refractivity contribution in [2.45, 2.75) is 26.0 Å². The zero-order chi connectivity index (χ0) is 15.1. The van der Waals surface area contributed by atoms with Crippen LogP contribution in [-0.2, 0) is 4.79 Å². The van der Waals surface area contributed by atoms with Crippen LogP contribution < -0.4 is 15.4 Å². The summed E-state index contributed by atoms with van der Waals surface area (Å²) >= 11 is 0. The standard InChI is InChI=1S/C15H21FN2O2/c1-5-8-18-15(19)11(3)20-14-7-6-12(16)9-13(14)10(2)17-4/h5-7,9-11,17H,1,8H2,2-4H3,(H,18,19). The summed E-state index contributed by atoms with van der Waals surface area (Å²) in [7, 11) is 1.78. The maximum atomic E-state index is 13.3. The second kappa shape index (κ2) is 7.65. The van der Waals surface area contributed by atoms with Gasteiger partial charge in [0.25, 0.3) is 5.91 Å². The molecule has 0 heterocycles. The third-order valence-electron chi connectivity index (χ3n) is 2.96. The van der Waals surface area contributed by atoms with E-state index in [9.17, 15) is 9.18 Å². The van der Waals surface area contributed by atoms with Crippen LogP contribution in [0, 0.1) is 5.82 Å². The fourth-order valence-electron chi connectivity index (χ4n) is 1.68. The molecule has 20 heavy (non-hydrogen) atoms. The molecule has 0 fully saturated rings. The second-order valence-electron chi connectivity index (χ2n) is 4.49. The van der Waals surface area contributed by atoms with Gasteiger partial charge in [-0.15, -0.1) is 6.58 Å². The smallest absolute Gasteiger partial charge is 0.261 e. The molecule has 2 N–H and O–H groups in total. The molecule has 0 aliphatic rings. The van der Waals surface area contributed by atoms with E-state index in [0.29, 0.717) is 17.9 Å². The summed E-state index contributed by atoms with van der Waals surface area (Å²) < 4.78 is 19.0. The number of nitrogens with one attached hydrogen (secondary N) is 2. The first kappa shape index (κ1) is 16.2. The van der Waals surface area contributed by atoms with Gasteiger partial charge in [-0.1, -0.05) is 6.08 Å². The number of rotatable bonds is 7. The normalized spacial score (nSPS) is 13.4. The molecular weight excluding hydrogens is 259 g/mol. The number of ether oxygens (including phenoxy) is 1. The van der Waals surface area contributed by atoms with Gasteiger partial charge in [0.15, 0.2) is 6.10 Å². The van der Waals surface area contributed by atoms with Crippen LogP contribution in [0.5, 0.6) is 5.75 Å². The Kier molecular flexibility index (Phi) is 6.18. The number of hydrogen-bond donors (Lipinski definition) is 2. The van der Waals surface area contributed by atoms with Crippen LogP contribution in [0.2, 0.25) is 0 Å². The van der Waals surface area contributed by atoms with E-state index in [-0.39, 0.29) is 17.8 Å². The van der Waals surface area contributed by atoms with E-state index in [1.165, 1.54) is 18.2 Å². The number of halogens is 1. The Morgan fingerprint density at radius 3 is 2.80 bits per heavy atom. The molecule has 0 aliphatic heterocycles. The lowest BCUT2D eigenvalue weighted by Crippen LogP contribution is -2.36. The van der Waals surface area contributed by atoms with Crippen LogP contribution in [-0.4, -0.2) is 25.6 Å². The van der Waals surface area contributed by atoms with Crippen molar-refractivity contribution in [3.05, 3.63) is 42.2 Å². The van der Waals surface area contributed by atoms with Gasteiger partial charge in [0, 0.05) is 18.2 Å². The number of amides is 1. The first-order valence-electron chi connectivity index (χ1n) is 6.51. The molecule has 0 spiro atoms. The van der Waals surface area contributed by atoms with E-state index in [1.807, 2.05) is 6.92 Å². The van der Waals surface area contributed by atoms with E-state index < -0.39 is 6.10 Å². The Morgan fingerprint density at radius 1 is 1.50 bits per heavy atom. The molecule has 2 unspecified atom stereocenters. The quantitative estimate of drug-likeness (QED) is 0.753. The van der Waals surface area contributed by atoms with Crippen LogP contribution in [0.25, 0.3) is 0 Å². The van der Waals surface area contributed by atoms with Gasteiger partial charge in [0.2, 0.25) is 0 Å². The molecule has 5 heteroatoms. The molecule has 1 amide bonds. The molecule has 0 saturated carbocycles. The lowest BCUT2D eigenvalue weighted by Gasteiger charge is -2.20. The first-order chi connectivity index (χ1) is 9.49. The molecule has 0 saturated heterocycles. The lowest BCUT2D eigenvalue weighted by molar-refractivity contribution is -0.127. The number of carbonyl (C=O) groups is 1. The van der Waals surface area contributed by atoms with E-state index in [1.54, 1.807) is 20.0 Å². The van der Waals surface area contributed by atoms with Gasteiger partial charge >= 0.3 is 0 Å². The largest absolute Gasteiger partial charge is 0.481 e. The van der Waals surface area contributed by atoms with Gasteiger partial charge in [-0.2, -0.15) is 0 Å². The van der Waals surface area contributed by atoms with Crippen molar-refractivity contribution in [3.8, 4) is 5.75 Å². The molecule has 1 rings (SSSR count). The minimum absolute atomic E-state index is 0.0795. The van der Waals surface area contributed by atoms with Crippen molar-refractivity contribution in [2.75, 3.05) is 13.6 Å². The third-order valence-corrected chi connectivity index (χ3v) is 2.96. The summed E-state index contributed by atoms with van der Waals surface area (Å²) in [5.74, 6) is -0.0787. The first-order valence-corrected chi connectivity index (χ1v) is 6.51. The number of carbonyl (C=O) groups excluding carboxylic acids is 1. The molecular formula is C15H21FN2O2. The van der Waals surface area contributed by atoms with Gasteiger partial charge in [0.1, 0.15) is 11.6 Å². The summed E-state index contributed by atoms with van der Waals surface area (Å²) in [5, 5.41) is 5.68. The Balaban J connectivity index is 2.85. The van der Waals surface area contributed by atoms with Crippen LogP contribution in [0.15, 0.2) is 30.9 Å². The van der Waals surface area contributed by atoms with E-state index in [2.05, 4.69) is 17.2 Å². The number of benzene rings is 1. The Bertz CT molecular complexity index is 477. The predicted molar refractivity (Wildman–Crippen MR) is 77.2 cm³/mol. The van der Waals surface area contributed by atoms with Crippen LogP contribution in [0.1, 0.15) is 25.5 Å². The van der Waals surface area contributed by atoms with Crippen molar-refractivity contribution in [1.29, 1.82) is 0 Å². The van der Waals surface area contributed by atoms with Crippen molar-refractivity contribution >= 4 is 5.91 Å². The van der Waals surface area contributed by atoms with Crippen molar-refractivity contribution in [1.82, 2.24) is 10.6 Å². The highest BCUT2D eigenvalue weighted by Crippen LogP contribution is 2.26. The molecule has 110 valence electrons. The molecule has 2 atom stereocenters. The van der Waals surface area contributed by atoms with Gasteiger partial charge < -0.3 is 15.4 Å². The fraction of sp³-hybridized carbons (Fsp3) is 0.400. The predicted octanol–water partition coefficient (Wildman–Crippen LogP) is 2.18. The Hall–Kier alpha value is -1.88. The van der Waals surface area contributed by atoms with Gasteiger partial charge in [-0.05, 0) is 39.1 Å². The second-order valence-corrected chi connectivity index (χ2v) is 4.49. The maximum absolute atomic E-state index is 13.3.